The van der Waals surface area contributed by atoms with Crippen molar-refractivity contribution in [2.24, 2.45) is 13.0 Å². The van der Waals surface area contributed by atoms with E-state index < -0.39 is 0 Å². The lowest BCUT2D eigenvalue weighted by atomic mass is 10.0. The van der Waals surface area contributed by atoms with Crippen molar-refractivity contribution in [3.8, 4) is 0 Å². The zero-order chi connectivity index (χ0) is 9.97. The van der Waals surface area contributed by atoms with E-state index in [0.717, 1.165) is 19.6 Å². The van der Waals surface area contributed by atoms with Gasteiger partial charge in [0.05, 0.1) is 0 Å². The van der Waals surface area contributed by atoms with Crippen molar-refractivity contribution < 1.29 is 0 Å². The molecule has 5 heteroatoms. The lowest BCUT2D eigenvalue weighted by Gasteiger charge is -2.27. The number of nitrogens with zero attached hydrogens (tertiary/aromatic N) is 2. The molecule has 0 aliphatic carbocycles. The highest BCUT2D eigenvalue weighted by Gasteiger charge is 2.16. The largest absolute Gasteiger partial charge is 0.365 e. The highest BCUT2D eigenvalue weighted by atomic mass is 16.1. The molecule has 1 saturated heterocycles. The fraction of sp³-hybridized carbons (Fsp3) is 0.556. The molecule has 1 aliphatic rings. The molecule has 5 nitrogen and oxygen atoms in total. The number of hydrogen-bond donors (Lipinski definition) is 2. The van der Waals surface area contributed by atoms with E-state index in [4.69, 9.17) is 0 Å². The molecule has 0 saturated carbocycles. The SMILES string of the molecule is Cn1ccnc(NCC2CNC2)c1=O. The van der Waals surface area contributed by atoms with Crippen molar-refractivity contribution in [1.29, 1.82) is 0 Å². The molecule has 0 bridgehead atoms. The summed E-state index contributed by atoms with van der Waals surface area (Å²) in [6.07, 6.45) is 3.28. The Hall–Kier alpha value is -1.36. The van der Waals surface area contributed by atoms with Crippen molar-refractivity contribution in [2.75, 3.05) is 25.0 Å². The fourth-order valence-corrected chi connectivity index (χ4v) is 1.35. The van der Waals surface area contributed by atoms with E-state index in [1.54, 1.807) is 19.4 Å². The summed E-state index contributed by atoms with van der Waals surface area (Å²) < 4.78 is 1.52. The first-order valence-corrected chi connectivity index (χ1v) is 4.73. The first-order chi connectivity index (χ1) is 6.77. The lowest BCUT2D eigenvalue weighted by molar-refractivity contribution is 0.365. The van der Waals surface area contributed by atoms with E-state index in [2.05, 4.69) is 15.6 Å². The summed E-state index contributed by atoms with van der Waals surface area (Å²) >= 11 is 0. The molecule has 0 atom stereocenters. The Bertz CT molecular complexity index is 369. The molecule has 1 aromatic heterocycles. The summed E-state index contributed by atoms with van der Waals surface area (Å²) in [5, 5.41) is 6.25. The van der Waals surface area contributed by atoms with Gasteiger partial charge in [0, 0.05) is 45.0 Å². The van der Waals surface area contributed by atoms with Gasteiger partial charge in [0.25, 0.3) is 5.56 Å². The molecule has 2 N–H and O–H groups in total. The van der Waals surface area contributed by atoms with Crippen LogP contribution < -0.4 is 16.2 Å². The number of aryl methyl sites for hydroxylation is 1. The topological polar surface area (TPSA) is 59.0 Å². The molecule has 14 heavy (non-hydrogen) atoms. The molecule has 0 spiro atoms. The van der Waals surface area contributed by atoms with Gasteiger partial charge < -0.3 is 15.2 Å². The van der Waals surface area contributed by atoms with E-state index >= 15 is 0 Å². The van der Waals surface area contributed by atoms with Crippen molar-refractivity contribution >= 4 is 5.82 Å². The van der Waals surface area contributed by atoms with Gasteiger partial charge in [-0.05, 0) is 0 Å². The molecular weight excluding hydrogens is 180 g/mol. The van der Waals surface area contributed by atoms with Gasteiger partial charge in [-0.25, -0.2) is 4.98 Å². The second-order valence-corrected chi connectivity index (χ2v) is 3.60. The van der Waals surface area contributed by atoms with Gasteiger partial charge in [-0.1, -0.05) is 0 Å². The minimum atomic E-state index is -0.0696. The first-order valence-electron chi connectivity index (χ1n) is 4.73. The number of anilines is 1. The molecule has 0 amide bonds. The predicted octanol–water partition coefficient (Wildman–Crippen LogP) is -0.588. The van der Waals surface area contributed by atoms with Crippen LogP contribution in [0.3, 0.4) is 0 Å². The molecule has 0 unspecified atom stereocenters. The molecule has 0 aromatic carbocycles. The molecule has 1 aromatic rings. The minimum absolute atomic E-state index is 0.0696. The third-order valence-corrected chi connectivity index (χ3v) is 2.44. The average molecular weight is 194 g/mol. The monoisotopic (exact) mass is 194 g/mol. The van der Waals surface area contributed by atoms with E-state index in [9.17, 15) is 4.79 Å². The Kier molecular flexibility index (Phi) is 2.49. The zero-order valence-electron chi connectivity index (χ0n) is 8.16. The average Bonchev–Trinajstić information content (AvgIpc) is 2.09. The molecule has 2 rings (SSSR count). The number of rotatable bonds is 3. The summed E-state index contributed by atoms with van der Waals surface area (Å²) in [6.45, 7) is 2.87. The maximum Gasteiger partial charge on any atom is 0.293 e. The third-order valence-electron chi connectivity index (χ3n) is 2.44. The first kappa shape index (κ1) is 9.21. The summed E-state index contributed by atoms with van der Waals surface area (Å²) in [5.74, 6) is 1.07. The number of nitrogens with one attached hydrogen (secondary N) is 2. The van der Waals surface area contributed by atoms with Crippen molar-refractivity contribution in [1.82, 2.24) is 14.9 Å². The summed E-state index contributed by atoms with van der Waals surface area (Å²) in [6, 6.07) is 0. The third kappa shape index (κ3) is 1.77. The quantitative estimate of drug-likeness (QED) is 0.675. The molecule has 2 heterocycles. The summed E-state index contributed by atoms with van der Waals surface area (Å²) in [4.78, 5) is 15.5. The van der Waals surface area contributed by atoms with Gasteiger partial charge in [-0.3, -0.25) is 4.79 Å². The van der Waals surface area contributed by atoms with Crippen molar-refractivity contribution in [2.45, 2.75) is 0 Å². The highest BCUT2D eigenvalue weighted by Crippen LogP contribution is 2.03. The van der Waals surface area contributed by atoms with Crippen LogP contribution in [0.15, 0.2) is 17.2 Å². The summed E-state index contributed by atoms with van der Waals surface area (Å²) in [7, 11) is 1.72. The molecule has 1 fully saturated rings. The van der Waals surface area contributed by atoms with E-state index in [1.165, 1.54) is 4.57 Å². The van der Waals surface area contributed by atoms with Crippen LogP contribution in [0.2, 0.25) is 0 Å². The van der Waals surface area contributed by atoms with Crippen molar-refractivity contribution in [3.63, 3.8) is 0 Å². The number of hydrogen-bond acceptors (Lipinski definition) is 4. The Labute approximate surface area is 82.2 Å². The smallest absolute Gasteiger partial charge is 0.293 e. The molecule has 76 valence electrons. The van der Waals surface area contributed by atoms with Gasteiger partial charge >= 0.3 is 0 Å². The van der Waals surface area contributed by atoms with Crippen LogP contribution in [-0.4, -0.2) is 29.2 Å². The normalized spacial score (nSPS) is 16.4. The second-order valence-electron chi connectivity index (χ2n) is 3.60. The van der Waals surface area contributed by atoms with Crippen molar-refractivity contribution in [3.05, 3.63) is 22.7 Å². The molecular formula is C9H14N4O. The maximum absolute atomic E-state index is 11.5. The van der Waals surface area contributed by atoms with Crippen LogP contribution in [0.1, 0.15) is 0 Å². The predicted molar refractivity (Wildman–Crippen MR) is 54.3 cm³/mol. The Morgan fingerprint density at radius 1 is 1.71 bits per heavy atom. The maximum atomic E-state index is 11.5. The van der Waals surface area contributed by atoms with Gasteiger partial charge in [0.1, 0.15) is 0 Å². The van der Waals surface area contributed by atoms with Crippen LogP contribution in [-0.2, 0) is 7.05 Å². The second kappa shape index (κ2) is 3.79. The van der Waals surface area contributed by atoms with Gasteiger partial charge in [0.15, 0.2) is 5.82 Å². The lowest BCUT2D eigenvalue weighted by Crippen LogP contribution is -2.46. The Balaban J connectivity index is 2.01. The van der Waals surface area contributed by atoms with E-state index in [1.807, 2.05) is 0 Å². The van der Waals surface area contributed by atoms with E-state index in [-0.39, 0.29) is 5.56 Å². The van der Waals surface area contributed by atoms with Crippen LogP contribution in [0.25, 0.3) is 0 Å². The molecule has 1 aliphatic heterocycles. The van der Waals surface area contributed by atoms with Crippen LogP contribution in [0.5, 0.6) is 0 Å². The van der Waals surface area contributed by atoms with Gasteiger partial charge in [0.2, 0.25) is 0 Å². The Morgan fingerprint density at radius 3 is 3.14 bits per heavy atom. The Morgan fingerprint density at radius 2 is 2.50 bits per heavy atom. The van der Waals surface area contributed by atoms with Crippen LogP contribution in [0, 0.1) is 5.92 Å². The van der Waals surface area contributed by atoms with Gasteiger partial charge in [-0.2, -0.15) is 0 Å². The van der Waals surface area contributed by atoms with E-state index in [0.29, 0.717) is 11.7 Å². The fourth-order valence-electron chi connectivity index (χ4n) is 1.35. The van der Waals surface area contributed by atoms with Crippen LogP contribution in [0.4, 0.5) is 5.82 Å². The standard InChI is InChI=1S/C9H14N4O/c1-13-3-2-11-8(9(13)14)12-6-7-4-10-5-7/h2-3,7,10H,4-6H2,1H3,(H,11,12). The summed E-state index contributed by atoms with van der Waals surface area (Å²) in [5.41, 5.74) is -0.0696. The minimum Gasteiger partial charge on any atom is -0.365 e. The zero-order valence-corrected chi connectivity index (χ0v) is 8.16. The van der Waals surface area contributed by atoms with Gasteiger partial charge in [-0.15, -0.1) is 0 Å². The highest BCUT2D eigenvalue weighted by molar-refractivity contribution is 5.30. The number of aromatic nitrogens is 2. The molecule has 0 radical (unpaired) electrons. The van der Waals surface area contributed by atoms with Crippen LogP contribution >= 0.6 is 0 Å².